The van der Waals surface area contributed by atoms with Gasteiger partial charge in [0.05, 0.1) is 25.0 Å². The van der Waals surface area contributed by atoms with Gasteiger partial charge in [-0.15, -0.1) is 17.5 Å². The van der Waals surface area contributed by atoms with Crippen molar-refractivity contribution in [3.63, 3.8) is 0 Å². The van der Waals surface area contributed by atoms with E-state index >= 15 is 0 Å². The molecule has 0 atom stereocenters. The van der Waals surface area contributed by atoms with E-state index in [9.17, 15) is 14.0 Å². The minimum Gasteiger partial charge on any atom is -0.492 e. The maximum absolute atomic E-state index is 14.9. The number of furan rings is 1. The van der Waals surface area contributed by atoms with Crippen LogP contribution < -0.4 is 31.3 Å². The minimum atomic E-state index is -0.373. The highest BCUT2D eigenvalue weighted by atomic mass is 35.5. The maximum Gasteiger partial charge on any atom is 0.309 e. The number of hydrogen-bond donors (Lipinski definition) is 3. The van der Waals surface area contributed by atoms with Crippen LogP contribution in [0.25, 0.3) is 27.6 Å². The summed E-state index contributed by atoms with van der Waals surface area (Å²) in [6, 6.07) is 8.26. The van der Waals surface area contributed by atoms with Crippen LogP contribution in [0.3, 0.4) is 0 Å². The van der Waals surface area contributed by atoms with E-state index in [4.69, 9.17) is 20.6 Å². The van der Waals surface area contributed by atoms with Crippen molar-refractivity contribution in [2.24, 2.45) is 5.73 Å². The quantitative estimate of drug-likeness (QED) is 0.189. The Bertz CT molecular complexity index is 1780. The normalized spacial score (nSPS) is 13.9. The second kappa shape index (κ2) is 12.9. The number of nitrogens with two attached hydrogens (primary N) is 2. The van der Waals surface area contributed by atoms with Crippen molar-refractivity contribution >= 4 is 57.3 Å². The van der Waals surface area contributed by atoms with E-state index in [0.717, 1.165) is 11.3 Å². The van der Waals surface area contributed by atoms with E-state index in [2.05, 4.69) is 25.3 Å². The first kappa shape index (κ1) is 30.2. The van der Waals surface area contributed by atoms with E-state index in [1.54, 1.807) is 28.8 Å². The number of carbonyl (C=O) groups excluding carboxylic acids is 1. The number of piperazine rings is 1. The Balaban J connectivity index is 0.00000368. The van der Waals surface area contributed by atoms with Gasteiger partial charge in [0.25, 0.3) is 0 Å². The lowest BCUT2D eigenvalue weighted by Gasteiger charge is -2.36. The molecule has 14 nitrogen and oxygen atoms in total. The summed E-state index contributed by atoms with van der Waals surface area (Å²) < 4.78 is 29.4. The fraction of sp³-hybridized carbons (Fsp3) is 0.346. The van der Waals surface area contributed by atoms with E-state index in [-0.39, 0.29) is 54.6 Å². The Hall–Kier alpha value is -4.25. The molecule has 43 heavy (non-hydrogen) atoms. The third-order valence-electron chi connectivity index (χ3n) is 7.01. The molecule has 1 saturated heterocycles. The van der Waals surface area contributed by atoms with Crippen LogP contribution in [-0.4, -0.2) is 87.4 Å². The number of rotatable bonds is 10. The molecule has 0 radical (unpaired) electrons. The van der Waals surface area contributed by atoms with Crippen molar-refractivity contribution in [3.05, 3.63) is 52.1 Å². The third kappa shape index (κ3) is 6.27. The first-order chi connectivity index (χ1) is 20.4. The number of anilines is 2. The molecule has 5 heterocycles. The number of ether oxygens (including phenoxy) is 1. The maximum atomic E-state index is 14.9. The van der Waals surface area contributed by atoms with Gasteiger partial charge < -0.3 is 30.8 Å². The fourth-order valence-electron chi connectivity index (χ4n) is 4.86. The molecule has 1 fully saturated rings. The molecule has 17 heteroatoms. The summed E-state index contributed by atoms with van der Waals surface area (Å²) in [5, 5.41) is 6.99. The second-order valence-electron chi connectivity index (χ2n) is 9.63. The Kier molecular flexibility index (Phi) is 9.10. The first-order valence-corrected chi connectivity index (χ1v) is 14.2. The summed E-state index contributed by atoms with van der Waals surface area (Å²) in [6.45, 7) is 4.11. The van der Waals surface area contributed by atoms with Gasteiger partial charge in [0.1, 0.15) is 22.9 Å². The van der Waals surface area contributed by atoms with Crippen molar-refractivity contribution in [3.8, 4) is 17.3 Å². The zero-order valence-corrected chi connectivity index (χ0v) is 24.6. The number of thiazole rings is 1. The van der Waals surface area contributed by atoms with Gasteiger partial charge in [-0.05, 0) is 24.3 Å². The molecule has 0 aliphatic carbocycles. The Morgan fingerprint density at radius 1 is 1.14 bits per heavy atom. The number of halogens is 2. The summed E-state index contributed by atoms with van der Waals surface area (Å²) in [7, 11) is 0. The van der Waals surface area contributed by atoms with Gasteiger partial charge in [-0.1, -0.05) is 11.3 Å². The molecule has 1 amide bonds. The van der Waals surface area contributed by atoms with Crippen molar-refractivity contribution < 1.29 is 18.3 Å². The molecule has 5 aromatic rings. The molecular formula is C26H30ClFN10O4S. The first-order valence-electron chi connectivity index (χ1n) is 13.4. The highest BCUT2D eigenvalue weighted by Gasteiger charge is 2.22. The molecular weight excluding hydrogens is 603 g/mol. The number of amides is 1. The molecule has 1 aliphatic heterocycles. The molecule has 0 saturated carbocycles. The largest absolute Gasteiger partial charge is 0.492 e. The number of hydrogen-bond acceptors (Lipinski definition) is 12. The molecule has 1 aliphatic rings. The number of aromatic nitrogens is 5. The summed E-state index contributed by atoms with van der Waals surface area (Å²) in [5.74, 6) is 0.719. The minimum absolute atomic E-state index is 0. The van der Waals surface area contributed by atoms with Crippen LogP contribution in [0, 0.1) is 5.82 Å². The monoisotopic (exact) mass is 632 g/mol. The Labute approximate surface area is 254 Å². The van der Waals surface area contributed by atoms with Crippen LogP contribution >= 0.6 is 23.7 Å². The number of nitrogens with one attached hydrogen (secondary N) is 1. The molecule has 0 unspecified atom stereocenters. The van der Waals surface area contributed by atoms with Crippen LogP contribution in [-0.2, 0) is 11.3 Å². The molecule has 228 valence electrons. The van der Waals surface area contributed by atoms with E-state index < -0.39 is 0 Å². The summed E-state index contributed by atoms with van der Waals surface area (Å²) in [5.41, 5.74) is 12.9. The van der Waals surface area contributed by atoms with Crippen molar-refractivity contribution in [1.29, 1.82) is 0 Å². The Morgan fingerprint density at radius 2 is 1.95 bits per heavy atom. The molecule has 4 aromatic heterocycles. The zero-order valence-electron chi connectivity index (χ0n) is 22.9. The van der Waals surface area contributed by atoms with Crippen LogP contribution in [0.2, 0.25) is 0 Å². The van der Waals surface area contributed by atoms with Gasteiger partial charge in [0.15, 0.2) is 17.1 Å². The summed E-state index contributed by atoms with van der Waals surface area (Å²) >= 11 is 1.06. The van der Waals surface area contributed by atoms with Gasteiger partial charge in [-0.25, -0.2) is 9.37 Å². The van der Waals surface area contributed by atoms with Gasteiger partial charge >= 0.3 is 4.87 Å². The average molecular weight is 633 g/mol. The van der Waals surface area contributed by atoms with Crippen LogP contribution in [0.1, 0.15) is 0 Å². The number of fused-ring (bicyclic) bond motifs is 3. The van der Waals surface area contributed by atoms with E-state index in [1.165, 1.54) is 16.8 Å². The molecule has 6 rings (SSSR count). The predicted molar refractivity (Wildman–Crippen MR) is 162 cm³/mol. The highest BCUT2D eigenvalue weighted by Crippen LogP contribution is 2.27. The van der Waals surface area contributed by atoms with Gasteiger partial charge in [0, 0.05) is 45.3 Å². The molecule has 5 N–H and O–H groups in total. The standard InChI is InChI=1S/C26H29FN10O4S.ClH/c27-17-14-16(40-13-5-30-20(38)15-28)3-4-18(17)35-9-6-34(7-10-35)8-11-36-23-21(42-26(36)39)24-31-22(19-2-1-12-41-19)33-37(24)25(29)32-23;/h1-4,12,14H,5-11,13,15,28H2,(H2,29,32)(H,30,38);1H. The zero-order chi connectivity index (χ0) is 29.2. The third-order valence-corrected chi connectivity index (χ3v) is 7.97. The molecule has 0 bridgehead atoms. The summed E-state index contributed by atoms with van der Waals surface area (Å²) in [4.78, 5) is 37.2. The lowest BCUT2D eigenvalue weighted by molar-refractivity contribution is -0.119. The lowest BCUT2D eigenvalue weighted by Crippen LogP contribution is -2.47. The lowest BCUT2D eigenvalue weighted by atomic mass is 10.2. The molecule has 1 aromatic carbocycles. The average Bonchev–Trinajstić information content (AvgIpc) is 3.74. The van der Waals surface area contributed by atoms with Gasteiger partial charge in [-0.2, -0.15) is 9.50 Å². The number of benzene rings is 1. The van der Waals surface area contributed by atoms with Crippen LogP contribution in [0.5, 0.6) is 5.75 Å². The van der Waals surface area contributed by atoms with Crippen molar-refractivity contribution in [1.82, 2.24) is 34.4 Å². The highest BCUT2D eigenvalue weighted by molar-refractivity contribution is 7.17. The summed E-state index contributed by atoms with van der Waals surface area (Å²) in [6.07, 6.45) is 1.53. The van der Waals surface area contributed by atoms with Crippen LogP contribution in [0.15, 0.2) is 45.8 Å². The fourth-order valence-corrected chi connectivity index (χ4v) is 5.79. The number of carbonyl (C=O) groups is 1. The Morgan fingerprint density at radius 3 is 2.67 bits per heavy atom. The van der Waals surface area contributed by atoms with Crippen molar-refractivity contribution in [2.75, 3.05) is 63.1 Å². The smallest absolute Gasteiger partial charge is 0.309 e. The number of nitrogen functional groups attached to an aromatic ring is 1. The SMILES string of the molecule is Cl.NCC(=O)NCCOc1ccc(N2CCN(CCn3c(=O)sc4c3nc(N)n3nc(-c5ccco5)nc43)CC2)c(F)c1. The van der Waals surface area contributed by atoms with Gasteiger partial charge in [0.2, 0.25) is 17.7 Å². The van der Waals surface area contributed by atoms with E-state index in [0.29, 0.717) is 78.3 Å². The van der Waals surface area contributed by atoms with Crippen LogP contribution in [0.4, 0.5) is 16.0 Å². The van der Waals surface area contributed by atoms with Gasteiger partial charge in [-0.3, -0.25) is 19.1 Å². The molecule has 0 spiro atoms. The van der Waals surface area contributed by atoms with E-state index in [1.807, 2.05) is 4.90 Å². The second-order valence-corrected chi connectivity index (χ2v) is 10.6. The number of nitrogens with zero attached hydrogens (tertiary/aromatic N) is 7. The predicted octanol–water partition coefficient (Wildman–Crippen LogP) is 1.18. The topological polar surface area (TPSA) is 175 Å². The van der Waals surface area contributed by atoms with Crippen molar-refractivity contribution in [2.45, 2.75) is 6.54 Å².